The Morgan fingerprint density at radius 3 is 2.74 bits per heavy atom. The molecule has 2 heterocycles. The maximum absolute atomic E-state index is 12.8. The minimum absolute atomic E-state index is 0.224. The second-order valence-corrected chi connectivity index (χ2v) is 4.34. The van der Waals surface area contributed by atoms with Crippen molar-refractivity contribution < 1.29 is 4.39 Å². The fraction of sp³-hybridized carbons (Fsp3) is 0.143. The molecular weight excluding hydrogens is 243 g/mol. The van der Waals surface area contributed by atoms with E-state index in [1.807, 2.05) is 16.7 Å². The molecule has 1 aromatic carbocycles. The van der Waals surface area contributed by atoms with Crippen molar-refractivity contribution in [1.29, 1.82) is 0 Å². The third-order valence-corrected chi connectivity index (χ3v) is 3.07. The molecule has 96 valence electrons. The van der Waals surface area contributed by atoms with E-state index in [-0.39, 0.29) is 5.82 Å². The smallest absolute Gasteiger partial charge is 0.202 e. The molecular formula is C14H13FN4. The van der Waals surface area contributed by atoms with E-state index in [0.717, 1.165) is 23.1 Å². The Labute approximate surface area is 109 Å². The van der Waals surface area contributed by atoms with E-state index in [1.165, 1.54) is 12.1 Å². The SMILES string of the molecule is Nc1nc2cccnc2n1CCc1ccc(F)cc1. The number of halogens is 1. The number of anilines is 1. The molecule has 0 bridgehead atoms. The van der Waals surface area contributed by atoms with E-state index in [4.69, 9.17) is 5.73 Å². The maximum atomic E-state index is 12.8. The van der Waals surface area contributed by atoms with Gasteiger partial charge in [0, 0.05) is 12.7 Å². The average Bonchev–Trinajstić information content (AvgIpc) is 2.74. The molecule has 3 aromatic rings. The molecule has 0 aliphatic rings. The zero-order valence-corrected chi connectivity index (χ0v) is 10.3. The Hall–Kier alpha value is -2.43. The number of hydrogen-bond acceptors (Lipinski definition) is 3. The van der Waals surface area contributed by atoms with E-state index in [2.05, 4.69) is 9.97 Å². The van der Waals surface area contributed by atoms with Gasteiger partial charge in [-0.15, -0.1) is 0 Å². The highest BCUT2D eigenvalue weighted by Crippen LogP contribution is 2.16. The Morgan fingerprint density at radius 1 is 1.16 bits per heavy atom. The normalized spacial score (nSPS) is 11.0. The van der Waals surface area contributed by atoms with E-state index in [9.17, 15) is 4.39 Å². The van der Waals surface area contributed by atoms with E-state index in [0.29, 0.717) is 12.5 Å². The molecule has 0 saturated carbocycles. The van der Waals surface area contributed by atoms with Gasteiger partial charge in [0.2, 0.25) is 5.95 Å². The summed E-state index contributed by atoms with van der Waals surface area (Å²) in [5, 5.41) is 0. The van der Waals surface area contributed by atoms with Gasteiger partial charge in [0.05, 0.1) is 0 Å². The first-order valence-electron chi connectivity index (χ1n) is 6.05. The van der Waals surface area contributed by atoms with Crippen molar-refractivity contribution in [2.45, 2.75) is 13.0 Å². The van der Waals surface area contributed by atoms with Crippen LogP contribution in [0.5, 0.6) is 0 Å². The fourth-order valence-electron chi connectivity index (χ4n) is 2.09. The number of hydrogen-bond donors (Lipinski definition) is 1. The highest BCUT2D eigenvalue weighted by Gasteiger charge is 2.08. The van der Waals surface area contributed by atoms with Crippen molar-refractivity contribution in [2.24, 2.45) is 0 Å². The van der Waals surface area contributed by atoms with Gasteiger partial charge in [0.15, 0.2) is 5.65 Å². The molecule has 0 spiro atoms. The standard InChI is InChI=1S/C14H13FN4/c15-11-5-3-10(4-6-11)7-9-19-13-12(18-14(19)16)2-1-8-17-13/h1-6,8H,7,9H2,(H2,16,18). The van der Waals surface area contributed by atoms with E-state index >= 15 is 0 Å². The Balaban J connectivity index is 1.85. The predicted molar refractivity (Wildman–Crippen MR) is 72.0 cm³/mol. The fourth-order valence-corrected chi connectivity index (χ4v) is 2.09. The van der Waals surface area contributed by atoms with Gasteiger partial charge in [0.25, 0.3) is 0 Å². The number of nitrogens with two attached hydrogens (primary N) is 1. The molecule has 2 aromatic heterocycles. The van der Waals surface area contributed by atoms with Gasteiger partial charge < -0.3 is 5.73 Å². The summed E-state index contributed by atoms with van der Waals surface area (Å²) in [5.74, 6) is 0.230. The zero-order chi connectivity index (χ0) is 13.2. The molecule has 0 amide bonds. The van der Waals surface area contributed by atoms with Crippen molar-refractivity contribution in [3.05, 3.63) is 54.0 Å². The minimum Gasteiger partial charge on any atom is -0.369 e. The van der Waals surface area contributed by atoms with Gasteiger partial charge >= 0.3 is 0 Å². The molecule has 4 nitrogen and oxygen atoms in total. The summed E-state index contributed by atoms with van der Waals surface area (Å²) >= 11 is 0. The quantitative estimate of drug-likeness (QED) is 0.782. The lowest BCUT2D eigenvalue weighted by atomic mass is 10.1. The first kappa shape index (κ1) is 11.6. The summed E-state index contributed by atoms with van der Waals surface area (Å²) < 4.78 is 14.7. The van der Waals surface area contributed by atoms with Gasteiger partial charge in [-0.2, -0.15) is 0 Å². The highest BCUT2D eigenvalue weighted by atomic mass is 19.1. The molecule has 0 atom stereocenters. The number of aryl methyl sites for hydroxylation is 2. The van der Waals surface area contributed by atoms with E-state index in [1.54, 1.807) is 18.3 Å². The summed E-state index contributed by atoms with van der Waals surface area (Å²) in [4.78, 5) is 8.55. The molecule has 0 radical (unpaired) electrons. The topological polar surface area (TPSA) is 56.7 Å². The van der Waals surface area contributed by atoms with Crippen molar-refractivity contribution in [2.75, 3.05) is 5.73 Å². The Kier molecular flexibility index (Phi) is 2.87. The molecule has 0 saturated heterocycles. The third kappa shape index (κ3) is 2.27. The molecule has 2 N–H and O–H groups in total. The second kappa shape index (κ2) is 4.68. The largest absolute Gasteiger partial charge is 0.369 e. The maximum Gasteiger partial charge on any atom is 0.202 e. The van der Waals surface area contributed by atoms with Gasteiger partial charge in [0.1, 0.15) is 11.3 Å². The van der Waals surface area contributed by atoms with Gasteiger partial charge in [-0.3, -0.25) is 4.57 Å². The summed E-state index contributed by atoms with van der Waals surface area (Å²) in [6.07, 6.45) is 2.48. The first-order chi connectivity index (χ1) is 9.24. The number of aromatic nitrogens is 3. The van der Waals surface area contributed by atoms with Gasteiger partial charge in [-0.05, 0) is 36.2 Å². The van der Waals surface area contributed by atoms with Crippen LogP contribution in [0.4, 0.5) is 10.3 Å². The molecule has 19 heavy (non-hydrogen) atoms. The number of imidazole rings is 1. The molecule has 0 unspecified atom stereocenters. The van der Waals surface area contributed by atoms with Crippen LogP contribution in [-0.4, -0.2) is 14.5 Å². The second-order valence-electron chi connectivity index (χ2n) is 4.34. The van der Waals surface area contributed by atoms with Crippen LogP contribution >= 0.6 is 0 Å². The lowest BCUT2D eigenvalue weighted by molar-refractivity contribution is 0.626. The summed E-state index contributed by atoms with van der Waals surface area (Å²) in [5.41, 5.74) is 8.52. The first-order valence-corrected chi connectivity index (χ1v) is 6.05. The number of pyridine rings is 1. The average molecular weight is 256 g/mol. The van der Waals surface area contributed by atoms with Crippen LogP contribution in [-0.2, 0) is 13.0 Å². The molecule has 0 aliphatic carbocycles. The zero-order valence-electron chi connectivity index (χ0n) is 10.3. The van der Waals surface area contributed by atoms with Crippen LogP contribution in [0.1, 0.15) is 5.56 Å². The van der Waals surface area contributed by atoms with Gasteiger partial charge in [-0.1, -0.05) is 12.1 Å². The predicted octanol–water partition coefficient (Wildman–Crippen LogP) is 2.40. The van der Waals surface area contributed by atoms with Crippen LogP contribution in [0.3, 0.4) is 0 Å². The summed E-state index contributed by atoms with van der Waals surface area (Å²) in [6.45, 7) is 0.672. The van der Waals surface area contributed by atoms with Crippen LogP contribution < -0.4 is 5.73 Å². The van der Waals surface area contributed by atoms with Crippen molar-refractivity contribution in [3.63, 3.8) is 0 Å². The van der Waals surface area contributed by atoms with Crippen molar-refractivity contribution in [3.8, 4) is 0 Å². The van der Waals surface area contributed by atoms with Gasteiger partial charge in [-0.25, -0.2) is 14.4 Å². The molecule has 3 rings (SSSR count). The van der Waals surface area contributed by atoms with E-state index < -0.39 is 0 Å². The van der Waals surface area contributed by atoms with Crippen molar-refractivity contribution in [1.82, 2.24) is 14.5 Å². The Bertz CT molecular complexity index is 703. The van der Waals surface area contributed by atoms with Crippen LogP contribution in [0, 0.1) is 5.82 Å². The number of benzene rings is 1. The third-order valence-electron chi connectivity index (χ3n) is 3.07. The minimum atomic E-state index is -0.224. The number of rotatable bonds is 3. The monoisotopic (exact) mass is 256 g/mol. The molecule has 0 aliphatic heterocycles. The van der Waals surface area contributed by atoms with Crippen LogP contribution in [0.2, 0.25) is 0 Å². The lowest BCUT2D eigenvalue weighted by Gasteiger charge is -2.05. The highest BCUT2D eigenvalue weighted by molar-refractivity contribution is 5.73. The lowest BCUT2D eigenvalue weighted by Crippen LogP contribution is -2.06. The molecule has 5 heteroatoms. The molecule has 0 fully saturated rings. The number of nitrogen functional groups attached to an aromatic ring is 1. The number of fused-ring (bicyclic) bond motifs is 1. The Morgan fingerprint density at radius 2 is 1.95 bits per heavy atom. The number of nitrogens with zero attached hydrogens (tertiary/aromatic N) is 3. The summed E-state index contributed by atoms with van der Waals surface area (Å²) in [6, 6.07) is 10.2. The summed E-state index contributed by atoms with van der Waals surface area (Å²) in [7, 11) is 0. The van der Waals surface area contributed by atoms with Crippen LogP contribution in [0.15, 0.2) is 42.6 Å². The van der Waals surface area contributed by atoms with Crippen molar-refractivity contribution >= 4 is 17.1 Å². The van der Waals surface area contributed by atoms with Crippen LogP contribution in [0.25, 0.3) is 11.2 Å².